The van der Waals surface area contributed by atoms with Crippen molar-refractivity contribution >= 4 is 22.9 Å². The van der Waals surface area contributed by atoms with E-state index in [0.29, 0.717) is 5.89 Å². The van der Waals surface area contributed by atoms with Gasteiger partial charge in [0, 0.05) is 16.3 Å². The highest BCUT2D eigenvalue weighted by Crippen LogP contribution is 2.30. The van der Waals surface area contributed by atoms with E-state index in [4.69, 9.17) is 16.0 Å². The summed E-state index contributed by atoms with van der Waals surface area (Å²) in [5, 5.41) is 0.816. The summed E-state index contributed by atoms with van der Waals surface area (Å²) in [6.45, 7) is 2.08. The van der Waals surface area contributed by atoms with E-state index in [0.717, 1.165) is 21.9 Å². The highest BCUT2D eigenvalue weighted by atomic mass is 35.5. The summed E-state index contributed by atoms with van der Waals surface area (Å²) in [6, 6.07) is 10.2. The molecule has 1 aromatic carbocycles. The summed E-state index contributed by atoms with van der Waals surface area (Å²) in [5.41, 5.74) is 2.38. The lowest BCUT2D eigenvalue weighted by atomic mass is 10.1. The first-order chi connectivity index (χ1) is 9.22. The Morgan fingerprint density at radius 3 is 2.95 bits per heavy atom. The molecule has 0 radical (unpaired) electrons. The molecule has 0 fully saturated rings. The monoisotopic (exact) mass is 289 g/mol. The van der Waals surface area contributed by atoms with Crippen LogP contribution in [0.1, 0.15) is 16.0 Å². The average molecular weight is 290 g/mol. The maximum atomic E-state index is 6.23. The van der Waals surface area contributed by atoms with Gasteiger partial charge in [0.1, 0.15) is 6.26 Å². The third-order valence-corrected chi connectivity index (χ3v) is 4.31. The third-order valence-electron chi connectivity index (χ3n) is 2.87. The van der Waals surface area contributed by atoms with Gasteiger partial charge in [-0.25, -0.2) is 4.98 Å². The zero-order valence-corrected chi connectivity index (χ0v) is 12.0. The molecule has 0 atom stereocenters. The third kappa shape index (κ3) is 2.72. The number of thiophene rings is 1. The lowest BCUT2D eigenvalue weighted by Gasteiger charge is -2.03. The van der Waals surface area contributed by atoms with Crippen LogP contribution in [0, 0.1) is 6.92 Å². The number of hydrogen-bond donors (Lipinski definition) is 0. The lowest BCUT2D eigenvalue weighted by molar-refractivity contribution is 0.576. The van der Waals surface area contributed by atoms with Crippen LogP contribution >= 0.6 is 22.9 Å². The molecule has 3 rings (SSSR count). The molecule has 0 unspecified atom stereocenters. The lowest BCUT2D eigenvalue weighted by Crippen LogP contribution is -1.87. The van der Waals surface area contributed by atoms with Gasteiger partial charge in [0.2, 0.25) is 5.89 Å². The molecule has 0 spiro atoms. The van der Waals surface area contributed by atoms with Gasteiger partial charge in [-0.3, -0.25) is 0 Å². The normalized spacial score (nSPS) is 10.8. The topological polar surface area (TPSA) is 26.0 Å². The molecular formula is C15H12ClNOS. The first-order valence-electron chi connectivity index (χ1n) is 5.96. The fourth-order valence-corrected chi connectivity index (χ4v) is 3.11. The van der Waals surface area contributed by atoms with Crippen molar-refractivity contribution in [3.05, 3.63) is 63.8 Å². The molecule has 96 valence electrons. The number of halogens is 1. The molecule has 2 heterocycles. The van der Waals surface area contributed by atoms with Gasteiger partial charge in [-0.1, -0.05) is 29.3 Å². The molecule has 0 aliphatic rings. The van der Waals surface area contributed by atoms with Gasteiger partial charge < -0.3 is 4.42 Å². The fourth-order valence-electron chi connectivity index (χ4n) is 1.96. The minimum absolute atomic E-state index is 0.673. The van der Waals surface area contributed by atoms with E-state index in [-0.39, 0.29) is 0 Å². The number of nitrogens with zero attached hydrogens (tertiary/aromatic N) is 1. The van der Waals surface area contributed by atoms with Crippen molar-refractivity contribution in [2.24, 2.45) is 0 Å². The van der Waals surface area contributed by atoms with Gasteiger partial charge in [-0.15, -0.1) is 11.3 Å². The first-order valence-corrected chi connectivity index (χ1v) is 7.15. The number of aryl methyl sites for hydroxylation is 1. The van der Waals surface area contributed by atoms with Crippen LogP contribution in [0.2, 0.25) is 5.02 Å². The predicted molar refractivity (Wildman–Crippen MR) is 78.8 cm³/mol. The number of hydrogen-bond acceptors (Lipinski definition) is 3. The van der Waals surface area contributed by atoms with Gasteiger partial charge >= 0.3 is 0 Å². The minimum Gasteiger partial charge on any atom is -0.444 e. The highest BCUT2D eigenvalue weighted by Gasteiger charge is 2.08. The van der Waals surface area contributed by atoms with E-state index in [9.17, 15) is 0 Å². The Morgan fingerprint density at radius 1 is 1.26 bits per heavy atom. The van der Waals surface area contributed by atoms with Crippen molar-refractivity contribution in [2.45, 2.75) is 13.3 Å². The average Bonchev–Trinajstić information content (AvgIpc) is 3.04. The number of benzene rings is 1. The molecule has 3 aromatic rings. The number of oxazole rings is 1. The van der Waals surface area contributed by atoms with Crippen molar-refractivity contribution in [2.75, 3.05) is 0 Å². The Balaban J connectivity index is 1.86. The van der Waals surface area contributed by atoms with Crippen molar-refractivity contribution in [1.82, 2.24) is 4.98 Å². The largest absolute Gasteiger partial charge is 0.444 e. The number of aromatic nitrogens is 1. The maximum absolute atomic E-state index is 6.23. The van der Waals surface area contributed by atoms with Crippen LogP contribution in [0.5, 0.6) is 0 Å². The second-order valence-electron chi connectivity index (χ2n) is 4.37. The minimum atomic E-state index is 0.673. The van der Waals surface area contributed by atoms with E-state index >= 15 is 0 Å². The van der Waals surface area contributed by atoms with E-state index in [1.807, 2.05) is 18.2 Å². The van der Waals surface area contributed by atoms with Gasteiger partial charge in [0.25, 0.3) is 0 Å². The zero-order valence-electron chi connectivity index (χ0n) is 10.4. The standard InChI is InChI=1S/C15H12ClNOS/c1-10-2-4-13(16)11(8-10)9-12-3-5-14(19-12)15-17-6-7-18-15/h2-8H,9H2,1H3. The Hall–Kier alpha value is -1.58. The Morgan fingerprint density at radius 2 is 2.16 bits per heavy atom. The molecule has 0 saturated carbocycles. The molecule has 19 heavy (non-hydrogen) atoms. The van der Waals surface area contributed by atoms with Crippen molar-refractivity contribution < 1.29 is 4.42 Å². The quantitative estimate of drug-likeness (QED) is 0.681. The fraction of sp³-hybridized carbons (Fsp3) is 0.133. The van der Waals surface area contributed by atoms with Gasteiger partial charge in [0.15, 0.2) is 0 Å². The van der Waals surface area contributed by atoms with Gasteiger partial charge in [-0.2, -0.15) is 0 Å². The summed E-state index contributed by atoms with van der Waals surface area (Å²) < 4.78 is 5.30. The van der Waals surface area contributed by atoms with Crippen LogP contribution in [0.3, 0.4) is 0 Å². The molecule has 0 aliphatic heterocycles. The van der Waals surface area contributed by atoms with Crippen LogP contribution in [0.4, 0.5) is 0 Å². The molecular weight excluding hydrogens is 278 g/mol. The molecule has 0 aliphatic carbocycles. The SMILES string of the molecule is Cc1ccc(Cl)c(Cc2ccc(-c3ncco3)s2)c1. The van der Waals surface area contributed by atoms with Crippen LogP contribution in [0.15, 0.2) is 47.2 Å². The van der Waals surface area contributed by atoms with E-state index in [1.165, 1.54) is 10.4 Å². The van der Waals surface area contributed by atoms with Crippen molar-refractivity contribution in [1.29, 1.82) is 0 Å². The Labute approximate surface area is 120 Å². The summed E-state index contributed by atoms with van der Waals surface area (Å²) in [4.78, 5) is 6.45. The van der Waals surface area contributed by atoms with Crippen molar-refractivity contribution in [3.8, 4) is 10.8 Å². The summed E-state index contributed by atoms with van der Waals surface area (Å²) in [6.07, 6.45) is 4.09. The highest BCUT2D eigenvalue weighted by molar-refractivity contribution is 7.15. The van der Waals surface area contributed by atoms with Crippen LogP contribution in [0.25, 0.3) is 10.8 Å². The van der Waals surface area contributed by atoms with Crippen LogP contribution in [-0.2, 0) is 6.42 Å². The molecule has 0 bridgehead atoms. The second-order valence-corrected chi connectivity index (χ2v) is 5.95. The summed E-state index contributed by atoms with van der Waals surface area (Å²) in [5.74, 6) is 0.673. The first kappa shape index (κ1) is 12.5. The van der Waals surface area contributed by atoms with E-state index in [1.54, 1.807) is 23.8 Å². The van der Waals surface area contributed by atoms with E-state index in [2.05, 4.69) is 24.0 Å². The molecule has 4 heteroatoms. The number of rotatable bonds is 3. The summed E-state index contributed by atoms with van der Waals surface area (Å²) in [7, 11) is 0. The van der Waals surface area contributed by atoms with Crippen LogP contribution in [-0.4, -0.2) is 4.98 Å². The van der Waals surface area contributed by atoms with Crippen molar-refractivity contribution in [3.63, 3.8) is 0 Å². The Bertz CT molecular complexity index is 688. The molecule has 0 amide bonds. The molecule has 2 aromatic heterocycles. The molecule has 0 N–H and O–H groups in total. The van der Waals surface area contributed by atoms with Crippen LogP contribution < -0.4 is 0 Å². The summed E-state index contributed by atoms with van der Waals surface area (Å²) >= 11 is 7.91. The molecule has 0 saturated heterocycles. The molecule has 2 nitrogen and oxygen atoms in total. The maximum Gasteiger partial charge on any atom is 0.236 e. The van der Waals surface area contributed by atoms with E-state index < -0.39 is 0 Å². The Kier molecular flexibility index (Phi) is 3.40. The smallest absolute Gasteiger partial charge is 0.236 e. The zero-order chi connectivity index (χ0) is 13.2. The van der Waals surface area contributed by atoms with Gasteiger partial charge in [0.05, 0.1) is 11.1 Å². The predicted octanol–water partition coefficient (Wildman–Crippen LogP) is 4.96. The van der Waals surface area contributed by atoms with Gasteiger partial charge in [-0.05, 0) is 30.7 Å². The second kappa shape index (κ2) is 5.19.